The van der Waals surface area contributed by atoms with Gasteiger partial charge in [-0.05, 0) is 37.5 Å². The summed E-state index contributed by atoms with van der Waals surface area (Å²) in [5.41, 5.74) is 0.828. The third-order valence-electron chi connectivity index (χ3n) is 3.89. The maximum atomic E-state index is 12.2. The number of hydrogen-bond acceptors (Lipinski definition) is 3. The fourth-order valence-electron chi connectivity index (χ4n) is 2.58. The zero-order chi connectivity index (χ0) is 16.9. The molecule has 1 N–H and O–H groups in total. The Morgan fingerprint density at radius 2 is 2.09 bits per heavy atom. The average Bonchev–Trinajstić information content (AvgIpc) is 2.52. The van der Waals surface area contributed by atoms with Crippen LogP contribution >= 0.6 is 11.6 Å². The van der Waals surface area contributed by atoms with E-state index in [1.165, 1.54) is 4.31 Å². The minimum Gasteiger partial charge on any atom is -0.352 e. The van der Waals surface area contributed by atoms with Gasteiger partial charge in [0.05, 0.1) is 16.5 Å². The van der Waals surface area contributed by atoms with Gasteiger partial charge in [-0.15, -0.1) is 0 Å². The zero-order valence-corrected chi connectivity index (χ0v) is 14.9. The van der Waals surface area contributed by atoms with Gasteiger partial charge in [-0.2, -0.15) is 0 Å². The molecule has 23 heavy (non-hydrogen) atoms. The summed E-state index contributed by atoms with van der Waals surface area (Å²) >= 11 is 6.17. The Labute approximate surface area is 143 Å². The fourth-order valence-corrected chi connectivity index (χ4v) is 4.50. The predicted molar refractivity (Wildman–Crippen MR) is 93.7 cm³/mol. The van der Waals surface area contributed by atoms with E-state index in [1.54, 1.807) is 18.2 Å². The van der Waals surface area contributed by atoms with Gasteiger partial charge in [0.25, 0.3) is 5.91 Å². The van der Waals surface area contributed by atoms with Crippen LogP contribution in [0, 0.1) is 0 Å². The van der Waals surface area contributed by atoms with Crippen molar-refractivity contribution in [1.29, 1.82) is 0 Å². The van der Waals surface area contributed by atoms with E-state index in [1.807, 2.05) is 0 Å². The lowest BCUT2D eigenvalue weighted by Crippen LogP contribution is -2.38. The average molecular weight is 359 g/mol. The summed E-state index contributed by atoms with van der Waals surface area (Å²) in [4.78, 5) is 12.2. The quantitative estimate of drug-likeness (QED) is 0.794. The molecule has 5 nitrogen and oxygen atoms in total. The number of unbranched alkanes of at least 4 members (excludes halogenated alkanes) is 2. The SMILES string of the molecule is CCCCCNC(=O)c1ccc(Cl)c(N2CCCCS2(=O)=O)c1. The van der Waals surface area contributed by atoms with Gasteiger partial charge in [-0.25, -0.2) is 8.42 Å². The van der Waals surface area contributed by atoms with Crippen LogP contribution in [0.25, 0.3) is 0 Å². The number of carbonyl (C=O) groups is 1. The number of anilines is 1. The van der Waals surface area contributed by atoms with Gasteiger partial charge in [0.15, 0.2) is 0 Å². The van der Waals surface area contributed by atoms with Gasteiger partial charge < -0.3 is 5.32 Å². The van der Waals surface area contributed by atoms with Crippen molar-refractivity contribution < 1.29 is 13.2 Å². The largest absolute Gasteiger partial charge is 0.352 e. The molecule has 1 aromatic carbocycles. The van der Waals surface area contributed by atoms with E-state index in [-0.39, 0.29) is 11.7 Å². The van der Waals surface area contributed by atoms with Gasteiger partial charge in [-0.3, -0.25) is 9.10 Å². The summed E-state index contributed by atoms with van der Waals surface area (Å²) in [6.45, 7) is 3.13. The van der Waals surface area contributed by atoms with E-state index in [0.29, 0.717) is 35.8 Å². The van der Waals surface area contributed by atoms with Gasteiger partial charge in [0, 0.05) is 18.7 Å². The monoisotopic (exact) mass is 358 g/mol. The maximum Gasteiger partial charge on any atom is 0.251 e. The van der Waals surface area contributed by atoms with E-state index in [0.717, 1.165) is 25.7 Å². The van der Waals surface area contributed by atoms with Crippen LogP contribution in [0.1, 0.15) is 49.4 Å². The molecule has 0 aliphatic carbocycles. The van der Waals surface area contributed by atoms with E-state index in [9.17, 15) is 13.2 Å². The van der Waals surface area contributed by atoms with E-state index >= 15 is 0 Å². The molecule has 0 atom stereocenters. The second kappa shape index (κ2) is 8.02. The highest BCUT2D eigenvalue weighted by molar-refractivity contribution is 7.92. The number of nitrogens with one attached hydrogen (secondary N) is 1. The molecule has 1 heterocycles. The standard InChI is InChI=1S/C16H23ClN2O3S/c1-2-3-4-9-18-16(20)13-7-8-14(17)15(12-13)19-10-5-6-11-23(19,21)22/h7-8,12H,2-6,9-11H2,1H3,(H,18,20). The van der Waals surface area contributed by atoms with Crippen LogP contribution in [0.3, 0.4) is 0 Å². The van der Waals surface area contributed by atoms with Crippen molar-refractivity contribution >= 4 is 33.2 Å². The number of rotatable bonds is 6. The molecule has 1 fully saturated rings. The molecule has 1 amide bonds. The van der Waals surface area contributed by atoms with E-state index < -0.39 is 10.0 Å². The first-order valence-electron chi connectivity index (χ1n) is 8.04. The van der Waals surface area contributed by atoms with E-state index in [4.69, 9.17) is 11.6 Å². The number of benzene rings is 1. The van der Waals surface area contributed by atoms with Crippen LogP contribution < -0.4 is 9.62 Å². The van der Waals surface area contributed by atoms with Crippen molar-refractivity contribution in [3.8, 4) is 0 Å². The summed E-state index contributed by atoms with van der Waals surface area (Å²) in [7, 11) is -3.35. The van der Waals surface area contributed by atoms with Crippen LogP contribution in [0.5, 0.6) is 0 Å². The van der Waals surface area contributed by atoms with Crippen molar-refractivity contribution in [3.63, 3.8) is 0 Å². The number of halogens is 1. The highest BCUT2D eigenvalue weighted by atomic mass is 35.5. The molecule has 1 saturated heterocycles. The van der Waals surface area contributed by atoms with Gasteiger partial charge >= 0.3 is 0 Å². The maximum absolute atomic E-state index is 12.2. The van der Waals surface area contributed by atoms with Crippen LogP contribution in [-0.4, -0.2) is 33.2 Å². The highest BCUT2D eigenvalue weighted by Gasteiger charge is 2.28. The molecule has 1 aromatic rings. The molecule has 0 bridgehead atoms. The summed E-state index contributed by atoms with van der Waals surface area (Å²) < 4.78 is 25.8. The first kappa shape index (κ1) is 18.1. The molecule has 0 aromatic heterocycles. The Morgan fingerprint density at radius 1 is 1.30 bits per heavy atom. The van der Waals surface area contributed by atoms with Crippen molar-refractivity contribution in [1.82, 2.24) is 5.32 Å². The summed E-state index contributed by atoms with van der Waals surface area (Å²) in [6.07, 6.45) is 4.55. The van der Waals surface area contributed by atoms with Crippen molar-refractivity contribution in [3.05, 3.63) is 28.8 Å². The van der Waals surface area contributed by atoms with Gasteiger partial charge in [-0.1, -0.05) is 31.4 Å². The molecule has 0 saturated carbocycles. The summed E-state index contributed by atoms with van der Waals surface area (Å²) in [5.74, 6) is -0.0787. The third kappa shape index (κ3) is 4.61. The Balaban J connectivity index is 2.17. The Morgan fingerprint density at radius 3 is 2.78 bits per heavy atom. The summed E-state index contributed by atoms with van der Waals surface area (Å²) in [5, 5.41) is 3.20. The molecular formula is C16H23ClN2O3S. The molecule has 2 rings (SSSR count). The topological polar surface area (TPSA) is 66.5 Å². The van der Waals surface area contributed by atoms with Crippen molar-refractivity contribution in [2.45, 2.75) is 39.0 Å². The number of amides is 1. The lowest BCUT2D eigenvalue weighted by atomic mass is 10.1. The first-order chi connectivity index (χ1) is 11.0. The van der Waals surface area contributed by atoms with Crippen LogP contribution in [0.2, 0.25) is 5.02 Å². The number of carbonyl (C=O) groups excluding carboxylic acids is 1. The number of sulfonamides is 1. The lowest BCUT2D eigenvalue weighted by Gasteiger charge is -2.29. The zero-order valence-electron chi connectivity index (χ0n) is 13.3. The molecule has 1 aliphatic heterocycles. The molecule has 0 spiro atoms. The molecule has 7 heteroatoms. The number of hydrogen-bond donors (Lipinski definition) is 1. The van der Waals surface area contributed by atoms with Crippen molar-refractivity contribution in [2.24, 2.45) is 0 Å². The minimum atomic E-state index is -3.35. The molecule has 0 unspecified atom stereocenters. The molecular weight excluding hydrogens is 336 g/mol. The van der Waals surface area contributed by atoms with Gasteiger partial charge in [0.2, 0.25) is 10.0 Å². The van der Waals surface area contributed by atoms with Gasteiger partial charge in [0.1, 0.15) is 0 Å². The minimum absolute atomic E-state index is 0.122. The lowest BCUT2D eigenvalue weighted by molar-refractivity contribution is 0.0953. The third-order valence-corrected chi connectivity index (χ3v) is 6.07. The van der Waals surface area contributed by atoms with E-state index in [2.05, 4.69) is 12.2 Å². The van der Waals surface area contributed by atoms with Crippen LogP contribution in [-0.2, 0) is 10.0 Å². The Kier molecular flexibility index (Phi) is 6.30. The number of nitrogens with zero attached hydrogens (tertiary/aromatic N) is 1. The Hall–Kier alpha value is -1.27. The second-order valence-corrected chi connectivity index (χ2v) is 8.14. The normalized spacial score (nSPS) is 17.0. The van der Waals surface area contributed by atoms with Crippen LogP contribution in [0.4, 0.5) is 5.69 Å². The molecule has 1 aliphatic rings. The smallest absolute Gasteiger partial charge is 0.251 e. The van der Waals surface area contributed by atoms with Crippen molar-refractivity contribution in [2.75, 3.05) is 23.1 Å². The van der Waals surface area contributed by atoms with Crippen LogP contribution in [0.15, 0.2) is 18.2 Å². The highest BCUT2D eigenvalue weighted by Crippen LogP contribution is 2.31. The first-order valence-corrected chi connectivity index (χ1v) is 10.0. The Bertz CT molecular complexity index is 661. The molecule has 128 valence electrons. The summed E-state index contributed by atoms with van der Waals surface area (Å²) in [6, 6.07) is 4.78. The molecule has 0 radical (unpaired) electrons. The second-order valence-electron chi connectivity index (χ2n) is 5.72. The fraction of sp³-hybridized carbons (Fsp3) is 0.562. The predicted octanol–water partition coefficient (Wildman–Crippen LogP) is 3.19.